The SMILES string of the molecule is COCCNCc1nc(-c2sc(C)nc2C)cs1. The molecule has 1 N–H and O–H groups in total. The van der Waals surface area contributed by atoms with Crippen LogP contribution in [0.5, 0.6) is 0 Å². The number of hydrogen-bond donors (Lipinski definition) is 1. The number of nitrogens with one attached hydrogen (secondary N) is 1. The Morgan fingerprint density at radius 2 is 2.17 bits per heavy atom. The summed E-state index contributed by atoms with van der Waals surface area (Å²) < 4.78 is 4.99. The van der Waals surface area contributed by atoms with Crippen LogP contribution in [0.15, 0.2) is 5.38 Å². The molecule has 0 amide bonds. The third-order valence-corrected chi connectivity index (χ3v) is 4.39. The molecule has 0 saturated heterocycles. The van der Waals surface area contributed by atoms with Gasteiger partial charge in [0.2, 0.25) is 0 Å². The van der Waals surface area contributed by atoms with Gasteiger partial charge in [0.1, 0.15) is 5.01 Å². The third-order valence-electron chi connectivity index (χ3n) is 2.45. The van der Waals surface area contributed by atoms with Crippen LogP contribution in [-0.2, 0) is 11.3 Å². The van der Waals surface area contributed by atoms with Crippen LogP contribution >= 0.6 is 22.7 Å². The number of nitrogens with zero attached hydrogens (tertiary/aromatic N) is 2. The van der Waals surface area contributed by atoms with Gasteiger partial charge in [-0.25, -0.2) is 9.97 Å². The average molecular weight is 283 g/mol. The van der Waals surface area contributed by atoms with Crippen molar-refractivity contribution in [2.75, 3.05) is 20.3 Å². The molecule has 6 heteroatoms. The highest BCUT2D eigenvalue weighted by molar-refractivity contribution is 7.15. The van der Waals surface area contributed by atoms with Gasteiger partial charge >= 0.3 is 0 Å². The molecular weight excluding hydrogens is 266 g/mol. The van der Waals surface area contributed by atoms with Crippen LogP contribution in [0.25, 0.3) is 10.6 Å². The standard InChI is InChI=1S/C12H17N3OS2/c1-8-12(18-9(2)14-8)10-7-17-11(15-10)6-13-4-5-16-3/h7,13H,4-6H2,1-3H3. The molecule has 0 saturated carbocycles. The topological polar surface area (TPSA) is 47.0 Å². The summed E-state index contributed by atoms with van der Waals surface area (Å²) in [5.41, 5.74) is 2.12. The van der Waals surface area contributed by atoms with Crippen LogP contribution in [-0.4, -0.2) is 30.2 Å². The third kappa shape index (κ3) is 3.35. The van der Waals surface area contributed by atoms with E-state index < -0.39 is 0 Å². The summed E-state index contributed by atoms with van der Waals surface area (Å²) in [6.45, 7) is 6.44. The zero-order valence-corrected chi connectivity index (χ0v) is 12.5. The molecule has 0 bridgehead atoms. The minimum absolute atomic E-state index is 0.728. The molecule has 0 aliphatic heterocycles. The Balaban J connectivity index is 1.99. The van der Waals surface area contributed by atoms with Crippen molar-refractivity contribution in [3.05, 3.63) is 21.1 Å². The normalized spacial score (nSPS) is 11.1. The zero-order chi connectivity index (χ0) is 13.0. The Morgan fingerprint density at radius 1 is 1.33 bits per heavy atom. The fourth-order valence-corrected chi connectivity index (χ4v) is 3.34. The summed E-state index contributed by atoms with van der Waals surface area (Å²) in [6.07, 6.45) is 0. The average Bonchev–Trinajstić information content (AvgIpc) is 2.91. The Bertz CT molecular complexity index is 507. The van der Waals surface area contributed by atoms with Gasteiger partial charge in [-0.2, -0.15) is 0 Å². The molecule has 0 aliphatic rings. The number of rotatable bonds is 6. The van der Waals surface area contributed by atoms with Gasteiger partial charge in [0.05, 0.1) is 27.9 Å². The van der Waals surface area contributed by atoms with Crippen molar-refractivity contribution in [1.82, 2.24) is 15.3 Å². The summed E-state index contributed by atoms with van der Waals surface area (Å²) in [6, 6.07) is 0. The van der Waals surface area contributed by atoms with Gasteiger partial charge in [-0.15, -0.1) is 22.7 Å². The van der Waals surface area contributed by atoms with Crippen molar-refractivity contribution in [2.45, 2.75) is 20.4 Å². The molecule has 0 spiro atoms. The monoisotopic (exact) mass is 283 g/mol. The van der Waals surface area contributed by atoms with Crippen molar-refractivity contribution in [3.63, 3.8) is 0 Å². The van der Waals surface area contributed by atoms with Crippen molar-refractivity contribution in [2.24, 2.45) is 0 Å². The predicted octanol–water partition coefficient (Wildman–Crippen LogP) is 2.62. The van der Waals surface area contributed by atoms with Crippen LogP contribution in [0, 0.1) is 13.8 Å². The van der Waals surface area contributed by atoms with Crippen molar-refractivity contribution in [3.8, 4) is 10.6 Å². The van der Waals surface area contributed by atoms with Gasteiger partial charge in [0.25, 0.3) is 0 Å². The highest BCUT2D eigenvalue weighted by Gasteiger charge is 2.11. The largest absolute Gasteiger partial charge is 0.383 e. The first-order valence-electron chi connectivity index (χ1n) is 5.79. The zero-order valence-electron chi connectivity index (χ0n) is 10.8. The molecule has 2 heterocycles. The van der Waals surface area contributed by atoms with Gasteiger partial charge in [-0.05, 0) is 13.8 Å². The Morgan fingerprint density at radius 3 is 2.83 bits per heavy atom. The summed E-state index contributed by atoms with van der Waals surface area (Å²) in [7, 11) is 1.71. The first-order valence-corrected chi connectivity index (χ1v) is 7.48. The number of hydrogen-bond acceptors (Lipinski definition) is 6. The molecule has 18 heavy (non-hydrogen) atoms. The first-order chi connectivity index (χ1) is 8.70. The number of thiazole rings is 2. The molecule has 2 aromatic heterocycles. The second kappa shape index (κ2) is 6.38. The summed E-state index contributed by atoms with van der Waals surface area (Å²) in [5.74, 6) is 0. The number of aryl methyl sites for hydroxylation is 2. The van der Waals surface area contributed by atoms with E-state index in [4.69, 9.17) is 4.74 Å². The second-order valence-corrected chi connectivity index (χ2v) is 6.09. The second-order valence-electron chi connectivity index (χ2n) is 3.94. The molecule has 98 valence electrons. The van der Waals surface area contributed by atoms with E-state index in [0.29, 0.717) is 0 Å². The van der Waals surface area contributed by atoms with E-state index in [1.54, 1.807) is 29.8 Å². The molecular formula is C12H17N3OS2. The van der Waals surface area contributed by atoms with Gasteiger partial charge in [0.15, 0.2) is 0 Å². The molecule has 0 aromatic carbocycles. The van der Waals surface area contributed by atoms with Crippen molar-refractivity contribution >= 4 is 22.7 Å². The van der Waals surface area contributed by atoms with Gasteiger partial charge in [-0.3, -0.25) is 0 Å². The Hall–Kier alpha value is -0.820. The lowest BCUT2D eigenvalue weighted by atomic mass is 10.3. The smallest absolute Gasteiger partial charge is 0.107 e. The fourth-order valence-electron chi connectivity index (χ4n) is 1.63. The molecule has 2 rings (SSSR count). The first kappa shape index (κ1) is 13.6. The highest BCUT2D eigenvalue weighted by atomic mass is 32.1. The maximum Gasteiger partial charge on any atom is 0.107 e. The molecule has 0 atom stereocenters. The fraction of sp³-hybridized carbons (Fsp3) is 0.500. The van der Waals surface area contributed by atoms with Crippen LogP contribution in [0.3, 0.4) is 0 Å². The van der Waals surface area contributed by atoms with E-state index in [2.05, 4.69) is 20.7 Å². The Kier molecular flexibility index (Phi) is 4.82. The quantitative estimate of drug-likeness (QED) is 0.828. The van der Waals surface area contributed by atoms with Gasteiger partial charge in [-0.1, -0.05) is 0 Å². The number of ether oxygens (including phenoxy) is 1. The summed E-state index contributed by atoms with van der Waals surface area (Å²) in [5, 5.41) is 7.60. The predicted molar refractivity (Wildman–Crippen MR) is 76.3 cm³/mol. The summed E-state index contributed by atoms with van der Waals surface area (Å²) in [4.78, 5) is 10.3. The van der Waals surface area contributed by atoms with E-state index in [0.717, 1.165) is 41.1 Å². The van der Waals surface area contributed by atoms with Crippen molar-refractivity contribution in [1.29, 1.82) is 0 Å². The van der Waals surface area contributed by atoms with Crippen LogP contribution in [0.1, 0.15) is 15.7 Å². The lowest BCUT2D eigenvalue weighted by Crippen LogP contribution is -2.18. The molecule has 2 aromatic rings. The van der Waals surface area contributed by atoms with E-state index in [1.807, 2.05) is 13.8 Å². The summed E-state index contributed by atoms with van der Waals surface area (Å²) >= 11 is 3.39. The van der Waals surface area contributed by atoms with Gasteiger partial charge < -0.3 is 10.1 Å². The Labute approximate surface area is 115 Å². The van der Waals surface area contributed by atoms with E-state index in [9.17, 15) is 0 Å². The molecule has 0 radical (unpaired) electrons. The molecule has 0 unspecified atom stereocenters. The lowest BCUT2D eigenvalue weighted by molar-refractivity contribution is 0.199. The van der Waals surface area contributed by atoms with E-state index in [-0.39, 0.29) is 0 Å². The van der Waals surface area contributed by atoms with Gasteiger partial charge in [0, 0.05) is 25.6 Å². The van der Waals surface area contributed by atoms with Crippen LogP contribution < -0.4 is 5.32 Å². The minimum Gasteiger partial charge on any atom is -0.383 e. The maximum atomic E-state index is 4.99. The molecule has 0 aliphatic carbocycles. The van der Waals surface area contributed by atoms with E-state index in [1.165, 1.54) is 4.88 Å². The molecule has 4 nitrogen and oxygen atoms in total. The van der Waals surface area contributed by atoms with Crippen LogP contribution in [0.2, 0.25) is 0 Å². The van der Waals surface area contributed by atoms with Crippen LogP contribution in [0.4, 0.5) is 0 Å². The number of aromatic nitrogens is 2. The number of methoxy groups -OCH3 is 1. The maximum absolute atomic E-state index is 4.99. The lowest BCUT2D eigenvalue weighted by Gasteiger charge is -2.00. The van der Waals surface area contributed by atoms with E-state index >= 15 is 0 Å². The minimum atomic E-state index is 0.728. The highest BCUT2D eigenvalue weighted by Crippen LogP contribution is 2.30. The molecule has 0 fully saturated rings. The van der Waals surface area contributed by atoms with Crippen molar-refractivity contribution < 1.29 is 4.74 Å².